The van der Waals surface area contributed by atoms with E-state index in [-0.39, 0.29) is 0 Å². The third kappa shape index (κ3) is 2.44. The van der Waals surface area contributed by atoms with Crippen LogP contribution in [0.2, 0.25) is 0 Å². The minimum absolute atomic E-state index is 0.347. The quantitative estimate of drug-likeness (QED) is 0.870. The SMILES string of the molecule is COC1CCC(Nc2ncnc3nc(N)ccc23)C1. The molecule has 1 aliphatic rings. The standard InChI is InChI=1S/C13H17N5O/c1-19-9-3-2-8(6-9)17-12-10-4-5-11(14)18-13(10)16-7-15-12/h4-5,7-9H,2-3,6H2,1H3,(H3,14,15,16,17,18). The molecule has 2 heterocycles. The Kier molecular flexibility index (Phi) is 3.16. The summed E-state index contributed by atoms with van der Waals surface area (Å²) in [6, 6.07) is 4.06. The summed E-state index contributed by atoms with van der Waals surface area (Å²) >= 11 is 0. The Morgan fingerprint density at radius 3 is 3.00 bits per heavy atom. The van der Waals surface area contributed by atoms with Gasteiger partial charge >= 0.3 is 0 Å². The van der Waals surface area contributed by atoms with Gasteiger partial charge in [0.15, 0.2) is 5.65 Å². The van der Waals surface area contributed by atoms with E-state index in [0.29, 0.717) is 23.6 Å². The van der Waals surface area contributed by atoms with E-state index in [9.17, 15) is 0 Å². The first-order valence-electron chi connectivity index (χ1n) is 6.43. The number of hydrogen-bond donors (Lipinski definition) is 2. The topological polar surface area (TPSA) is 86.0 Å². The number of ether oxygens (including phenoxy) is 1. The molecule has 100 valence electrons. The van der Waals surface area contributed by atoms with Gasteiger partial charge in [0.1, 0.15) is 18.0 Å². The van der Waals surface area contributed by atoms with Gasteiger partial charge in [0.05, 0.1) is 11.5 Å². The first-order valence-corrected chi connectivity index (χ1v) is 6.43. The summed E-state index contributed by atoms with van der Waals surface area (Å²) < 4.78 is 5.38. The van der Waals surface area contributed by atoms with E-state index in [1.54, 1.807) is 13.2 Å². The third-order valence-electron chi connectivity index (χ3n) is 3.58. The van der Waals surface area contributed by atoms with Crippen LogP contribution in [-0.2, 0) is 4.74 Å². The summed E-state index contributed by atoms with van der Waals surface area (Å²) in [5.74, 6) is 1.29. The molecule has 1 fully saturated rings. The number of hydrogen-bond acceptors (Lipinski definition) is 6. The molecule has 0 radical (unpaired) electrons. The fourth-order valence-corrected chi connectivity index (χ4v) is 2.55. The Bertz CT molecular complexity index is 588. The lowest BCUT2D eigenvalue weighted by atomic mass is 10.2. The van der Waals surface area contributed by atoms with Crippen molar-refractivity contribution in [3.05, 3.63) is 18.5 Å². The predicted molar refractivity (Wildman–Crippen MR) is 73.8 cm³/mol. The van der Waals surface area contributed by atoms with Gasteiger partial charge in [0, 0.05) is 13.2 Å². The summed E-state index contributed by atoms with van der Waals surface area (Å²) in [5, 5.41) is 4.36. The molecule has 19 heavy (non-hydrogen) atoms. The van der Waals surface area contributed by atoms with Gasteiger partial charge in [-0.3, -0.25) is 0 Å². The largest absolute Gasteiger partial charge is 0.384 e. The number of nitrogens with two attached hydrogens (primary N) is 1. The molecule has 0 aromatic carbocycles. The average molecular weight is 259 g/mol. The Hall–Kier alpha value is -1.95. The number of nitrogen functional groups attached to an aromatic ring is 1. The Balaban J connectivity index is 1.85. The minimum Gasteiger partial charge on any atom is -0.384 e. The molecule has 1 aliphatic carbocycles. The second-order valence-corrected chi connectivity index (χ2v) is 4.84. The van der Waals surface area contributed by atoms with Crippen LogP contribution in [-0.4, -0.2) is 34.2 Å². The maximum atomic E-state index is 5.67. The molecule has 0 bridgehead atoms. The predicted octanol–water partition coefficient (Wildman–Crippen LogP) is 1.59. The van der Waals surface area contributed by atoms with Gasteiger partial charge in [0.25, 0.3) is 0 Å². The monoisotopic (exact) mass is 259 g/mol. The van der Waals surface area contributed by atoms with Crippen LogP contribution in [0.3, 0.4) is 0 Å². The highest BCUT2D eigenvalue weighted by molar-refractivity contribution is 5.87. The summed E-state index contributed by atoms with van der Waals surface area (Å²) in [6.07, 6.45) is 5.04. The van der Waals surface area contributed by atoms with Gasteiger partial charge in [-0.1, -0.05) is 0 Å². The second-order valence-electron chi connectivity index (χ2n) is 4.84. The summed E-state index contributed by atoms with van der Waals surface area (Å²) in [7, 11) is 1.76. The van der Waals surface area contributed by atoms with E-state index >= 15 is 0 Å². The fraction of sp³-hybridized carbons (Fsp3) is 0.462. The molecular formula is C13H17N5O. The van der Waals surface area contributed by atoms with Gasteiger partial charge in [-0.15, -0.1) is 0 Å². The van der Waals surface area contributed by atoms with E-state index in [1.165, 1.54) is 6.33 Å². The number of pyridine rings is 1. The highest BCUT2D eigenvalue weighted by atomic mass is 16.5. The third-order valence-corrected chi connectivity index (χ3v) is 3.58. The molecule has 0 aliphatic heterocycles. The molecule has 6 heteroatoms. The van der Waals surface area contributed by atoms with E-state index in [0.717, 1.165) is 30.5 Å². The smallest absolute Gasteiger partial charge is 0.166 e. The summed E-state index contributed by atoms with van der Waals surface area (Å²) in [6.45, 7) is 0. The van der Waals surface area contributed by atoms with Crippen molar-refractivity contribution in [2.45, 2.75) is 31.4 Å². The number of methoxy groups -OCH3 is 1. The van der Waals surface area contributed by atoms with Crippen molar-refractivity contribution in [2.24, 2.45) is 0 Å². The number of rotatable bonds is 3. The molecule has 2 unspecified atom stereocenters. The van der Waals surface area contributed by atoms with Crippen LogP contribution in [0.15, 0.2) is 18.5 Å². The van der Waals surface area contributed by atoms with Crippen molar-refractivity contribution in [2.75, 3.05) is 18.2 Å². The molecule has 0 amide bonds. The summed E-state index contributed by atoms with van der Waals surface area (Å²) in [4.78, 5) is 12.7. The lowest BCUT2D eigenvalue weighted by molar-refractivity contribution is 0.108. The highest BCUT2D eigenvalue weighted by Crippen LogP contribution is 2.26. The maximum absolute atomic E-state index is 5.67. The molecule has 0 saturated heterocycles. The van der Waals surface area contributed by atoms with Crippen LogP contribution >= 0.6 is 0 Å². The van der Waals surface area contributed by atoms with E-state index < -0.39 is 0 Å². The molecule has 2 aromatic rings. The van der Waals surface area contributed by atoms with E-state index in [1.807, 2.05) is 6.07 Å². The van der Waals surface area contributed by atoms with Crippen LogP contribution in [0, 0.1) is 0 Å². The zero-order valence-corrected chi connectivity index (χ0v) is 10.8. The molecule has 0 spiro atoms. The molecule has 6 nitrogen and oxygen atoms in total. The van der Waals surface area contributed by atoms with Crippen LogP contribution < -0.4 is 11.1 Å². The fourth-order valence-electron chi connectivity index (χ4n) is 2.55. The van der Waals surface area contributed by atoms with Crippen molar-refractivity contribution >= 4 is 22.7 Å². The van der Waals surface area contributed by atoms with Gasteiger partial charge < -0.3 is 15.8 Å². The van der Waals surface area contributed by atoms with Crippen LogP contribution in [0.5, 0.6) is 0 Å². The zero-order valence-electron chi connectivity index (χ0n) is 10.8. The number of anilines is 2. The Morgan fingerprint density at radius 1 is 1.32 bits per heavy atom. The van der Waals surface area contributed by atoms with Gasteiger partial charge in [-0.25, -0.2) is 15.0 Å². The normalized spacial score (nSPS) is 22.8. The number of aromatic nitrogens is 3. The van der Waals surface area contributed by atoms with Crippen LogP contribution in [0.1, 0.15) is 19.3 Å². The molecule has 3 rings (SSSR count). The van der Waals surface area contributed by atoms with Crippen molar-refractivity contribution in [3.8, 4) is 0 Å². The number of fused-ring (bicyclic) bond motifs is 1. The Morgan fingerprint density at radius 2 is 2.21 bits per heavy atom. The summed E-state index contributed by atoms with van der Waals surface area (Å²) in [5.41, 5.74) is 6.29. The van der Waals surface area contributed by atoms with Crippen LogP contribution in [0.4, 0.5) is 11.6 Å². The second kappa shape index (κ2) is 4.97. The van der Waals surface area contributed by atoms with Crippen molar-refractivity contribution < 1.29 is 4.74 Å². The first kappa shape index (κ1) is 12.1. The number of nitrogens with zero attached hydrogens (tertiary/aromatic N) is 3. The van der Waals surface area contributed by atoms with Crippen molar-refractivity contribution in [3.63, 3.8) is 0 Å². The molecular weight excluding hydrogens is 242 g/mol. The van der Waals surface area contributed by atoms with E-state index in [4.69, 9.17) is 10.5 Å². The maximum Gasteiger partial charge on any atom is 0.166 e. The van der Waals surface area contributed by atoms with Gasteiger partial charge in [-0.05, 0) is 31.4 Å². The van der Waals surface area contributed by atoms with Gasteiger partial charge in [0.2, 0.25) is 0 Å². The molecule has 3 N–H and O–H groups in total. The van der Waals surface area contributed by atoms with Gasteiger partial charge in [-0.2, -0.15) is 0 Å². The zero-order chi connectivity index (χ0) is 13.2. The Labute approximate surface area is 111 Å². The first-order chi connectivity index (χ1) is 9.26. The van der Waals surface area contributed by atoms with Crippen molar-refractivity contribution in [1.82, 2.24) is 15.0 Å². The van der Waals surface area contributed by atoms with Crippen LogP contribution in [0.25, 0.3) is 11.0 Å². The van der Waals surface area contributed by atoms with Crippen molar-refractivity contribution in [1.29, 1.82) is 0 Å². The van der Waals surface area contributed by atoms with E-state index in [2.05, 4.69) is 20.3 Å². The highest BCUT2D eigenvalue weighted by Gasteiger charge is 2.25. The molecule has 2 aromatic heterocycles. The lowest BCUT2D eigenvalue weighted by Gasteiger charge is -2.14. The number of nitrogens with one attached hydrogen (secondary N) is 1. The minimum atomic E-state index is 0.347. The lowest BCUT2D eigenvalue weighted by Crippen LogP contribution is -2.18. The average Bonchev–Trinajstić information content (AvgIpc) is 2.86. The molecule has 2 atom stereocenters. The molecule has 1 saturated carbocycles.